The Morgan fingerprint density at radius 2 is 1.93 bits per heavy atom. The average Bonchev–Trinajstić information content (AvgIpc) is 3.06. The number of pyridine rings is 1. The molecule has 3 rings (SSSR count). The van der Waals surface area contributed by atoms with Crippen molar-refractivity contribution >= 4 is 27.5 Å². The van der Waals surface area contributed by atoms with Crippen molar-refractivity contribution in [2.75, 3.05) is 7.05 Å². The van der Waals surface area contributed by atoms with Gasteiger partial charge in [0.25, 0.3) is 0 Å². The van der Waals surface area contributed by atoms with Crippen molar-refractivity contribution in [3.8, 4) is 5.69 Å². The summed E-state index contributed by atoms with van der Waals surface area (Å²) in [6, 6.07) is 12.7. The highest BCUT2D eigenvalue weighted by Gasteiger charge is 2.27. The maximum atomic E-state index is 13.2. The van der Waals surface area contributed by atoms with E-state index in [1.165, 1.54) is 23.9 Å². The molecule has 146 valence electrons. The predicted molar refractivity (Wildman–Crippen MR) is 102 cm³/mol. The molecule has 0 unspecified atom stereocenters. The van der Waals surface area contributed by atoms with Gasteiger partial charge in [-0.1, -0.05) is 29.8 Å². The normalized spacial score (nSPS) is 11.4. The zero-order valence-electron chi connectivity index (χ0n) is 15.1. The molecule has 28 heavy (non-hydrogen) atoms. The molecule has 0 aliphatic rings. The number of rotatable bonds is 5. The quantitative estimate of drug-likeness (QED) is 0.679. The predicted octanol–water partition coefficient (Wildman–Crippen LogP) is 3.17. The molecule has 0 saturated carbocycles. The molecule has 3 aromatic rings. The Hall–Kier alpha value is -2.91. The highest BCUT2D eigenvalue weighted by atomic mass is 35.5. The van der Waals surface area contributed by atoms with Crippen LogP contribution < -0.4 is 0 Å². The summed E-state index contributed by atoms with van der Waals surface area (Å²) in [6.45, 7) is 1.61. The summed E-state index contributed by atoms with van der Waals surface area (Å²) in [7, 11) is -2.66. The molecule has 10 heteroatoms. The molecule has 0 saturated heterocycles. The maximum Gasteiger partial charge on any atom is 0.407 e. The first-order chi connectivity index (χ1) is 13.2. The Morgan fingerprint density at radius 1 is 1.21 bits per heavy atom. The Balaban J connectivity index is 2.20. The summed E-state index contributed by atoms with van der Waals surface area (Å²) >= 11 is 6.24. The fraction of sp³-hybridized carbons (Fsp3) is 0.167. The van der Waals surface area contributed by atoms with Crippen LogP contribution in [0.2, 0.25) is 5.02 Å². The number of halogens is 1. The fourth-order valence-electron chi connectivity index (χ4n) is 2.56. The Bertz CT molecular complexity index is 1140. The molecule has 0 aliphatic carbocycles. The van der Waals surface area contributed by atoms with E-state index in [9.17, 15) is 13.2 Å². The van der Waals surface area contributed by atoms with Crippen molar-refractivity contribution in [2.45, 2.75) is 23.5 Å². The number of para-hydroxylation sites is 1. The maximum absolute atomic E-state index is 13.2. The fourth-order valence-corrected chi connectivity index (χ4v) is 4.17. The van der Waals surface area contributed by atoms with E-state index in [-0.39, 0.29) is 22.3 Å². The Labute approximate surface area is 166 Å². The van der Waals surface area contributed by atoms with Crippen LogP contribution in [0.3, 0.4) is 0 Å². The minimum atomic E-state index is -4.03. The molecule has 1 amide bonds. The third-order valence-corrected chi connectivity index (χ3v) is 5.89. The summed E-state index contributed by atoms with van der Waals surface area (Å²) in [5, 5.41) is 13.4. The molecule has 2 aromatic heterocycles. The molecule has 1 N–H and O–H groups in total. The molecule has 0 aliphatic heterocycles. The van der Waals surface area contributed by atoms with Gasteiger partial charge in [0, 0.05) is 18.8 Å². The van der Waals surface area contributed by atoms with Crippen LogP contribution in [0.1, 0.15) is 11.4 Å². The summed E-state index contributed by atoms with van der Waals surface area (Å²) in [5.41, 5.74) is 1.17. The number of nitrogens with zero attached hydrogens (tertiary/aromatic N) is 4. The van der Waals surface area contributed by atoms with Gasteiger partial charge in [-0.3, -0.25) is 0 Å². The number of carboxylic acid groups (broad SMARTS) is 1. The van der Waals surface area contributed by atoms with E-state index in [0.717, 1.165) is 4.90 Å². The van der Waals surface area contributed by atoms with Crippen molar-refractivity contribution in [3.63, 3.8) is 0 Å². The van der Waals surface area contributed by atoms with Gasteiger partial charge >= 0.3 is 6.09 Å². The van der Waals surface area contributed by atoms with Crippen LogP contribution in [0.15, 0.2) is 58.6 Å². The van der Waals surface area contributed by atoms with Crippen LogP contribution in [0.25, 0.3) is 5.69 Å². The van der Waals surface area contributed by atoms with E-state index in [1.807, 2.05) is 0 Å². The number of aryl methyl sites for hydroxylation is 1. The standard InChI is InChI=1S/C18H17ClN4O4S/c1-12-6-5-9-16(20-12)28(26,27)17-10-13(11-22(2)18(24)25)21-23(17)15-8-4-3-7-14(15)19/h3-10H,11H2,1-2H3,(H,24,25). The second kappa shape index (κ2) is 7.61. The van der Waals surface area contributed by atoms with Crippen LogP contribution in [0, 0.1) is 6.92 Å². The lowest BCUT2D eigenvalue weighted by atomic mass is 10.3. The minimum absolute atomic E-state index is 0.0868. The number of amides is 1. The van der Waals surface area contributed by atoms with Crippen molar-refractivity contribution in [1.29, 1.82) is 0 Å². The summed E-state index contributed by atoms with van der Waals surface area (Å²) < 4.78 is 27.7. The lowest BCUT2D eigenvalue weighted by molar-refractivity contribution is 0.153. The van der Waals surface area contributed by atoms with Gasteiger partial charge in [0.05, 0.1) is 22.9 Å². The summed E-state index contributed by atoms with van der Waals surface area (Å²) in [5.74, 6) is 0. The van der Waals surface area contributed by atoms with Crippen molar-refractivity contribution in [1.82, 2.24) is 19.7 Å². The van der Waals surface area contributed by atoms with Gasteiger partial charge in [0.15, 0.2) is 10.1 Å². The number of aromatic nitrogens is 3. The largest absolute Gasteiger partial charge is 0.465 e. The van der Waals surface area contributed by atoms with Crippen molar-refractivity contribution in [3.05, 3.63) is 64.9 Å². The van der Waals surface area contributed by atoms with Gasteiger partial charge < -0.3 is 10.0 Å². The molecule has 0 atom stereocenters. The topological polar surface area (TPSA) is 105 Å². The molecule has 2 heterocycles. The molecule has 0 bridgehead atoms. The van der Waals surface area contributed by atoms with E-state index < -0.39 is 15.9 Å². The molecule has 0 fully saturated rings. The molecule has 8 nitrogen and oxygen atoms in total. The van der Waals surface area contributed by atoms with E-state index in [4.69, 9.17) is 16.7 Å². The van der Waals surface area contributed by atoms with Crippen LogP contribution in [-0.2, 0) is 16.4 Å². The van der Waals surface area contributed by atoms with Gasteiger partial charge in [0.2, 0.25) is 9.84 Å². The van der Waals surface area contributed by atoms with Gasteiger partial charge in [-0.25, -0.2) is 22.9 Å². The zero-order valence-corrected chi connectivity index (χ0v) is 16.6. The lowest BCUT2D eigenvalue weighted by Gasteiger charge is -2.10. The van der Waals surface area contributed by atoms with E-state index in [1.54, 1.807) is 43.3 Å². The minimum Gasteiger partial charge on any atom is -0.465 e. The van der Waals surface area contributed by atoms with Crippen LogP contribution in [0.5, 0.6) is 0 Å². The SMILES string of the molecule is Cc1cccc(S(=O)(=O)c2cc(CN(C)C(=O)O)nn2-c2ccccc2Cl)n1. The van der Waals surface area contributed by atoms with Crippen LogP contribution in [0.4, 0.5) is 4.79 Å². The third kappa shape index (κ3) is 3.85. The summed E-state index contributed by atoms with van der Waals surface area (Å²) in [4.78, 5) is 16.2. The number of sulfone groups is 1. The van der Waals surface area contributed by atoms with Crippen LogP contribution in [-0.4, -0.2) is 46.3 Å². The van der Waals surface area contributed by atoms with Crippen molar-refractivity contribution in [2.24, 2.45) is 0 Å². The van der Waals surface area contributed by atoms with Crippen LogP contribution >= 0.6 is 11.6 Å². The third-order valence-electron chi connectivity index (χ3n) is 3.95. The lowest BCUT2D eigenvalue weighted by Crippen LogP contribution is -2.24. The Kier molecular flexibility index (Phi) is 5.39. The zero-order chi connectivity index (χ0) is 20.5. The first-order valence-corrected chi connectivity index (χ1v) is 10.0. The van der Waals surface area contributed by atoms with Gasteiger partial charge in [-0.2, -0.15) is 5.10 Å². The van der Waals surface area contributed by atoms with E-state index >= 15 is 0 Å². The number of hydrogen-bond acceptors (Lipinski definition) is 5. The number of carbonyl (C=O) groups is 1. The smallest absolute Gasteiger partial charge is 0.407 e. The second-order valence-corrected chi connectivity index (χ2v) is 8.35. The molecular formula is C18H17ClN4O4S. The number of hydrogen-bond donors (Lipinski definition) is 1. The second-order valence-electron chi connectivity index (χ2n) is 6.10. The first kappa shape index (κ1) is 19.8. The molecule has 1 aromatic carbocycles. The molecule has 0 spiro atoms. The first-order valence-electron chi connectivity index (χ1n) is 8.17. The van der Waals surface area contributed by atoms with E-state index in [2.05, 4.69) is 10.1 Å². The van der Waals surface area contributed by atoms with Crippen molar-refractivity contribution < 1.29 is 18.3 Å². The van der Waals surface area contributed by atoms with Gasteiger partial charge in [0.1, 0.15) is 0 Å². The molecule has 0 radical (unpaired) electrons. The van der Waals surface area contributed by atoms with E-state index in [0.29, 0.717) is 16.4 Å². The van der Waals surface area contributed by atoms with Gasteiger partial charge in [-0.15, -0.1) is 0 Å². The molecular weight excluding hydrogens is 404 g/mol. The highest BCUT2D eigenvalue weighted by molar-refractivity contribution is 7.91. The number of benzene rings is 1. The average molecular weight is 421 g/mol. The Morgan fingerprint density at radius 3 is 2.57 bits per heavy atom. The highest BCUT2D eigenvalue weighted by Crippen LogP contribution is 2.27. The monoisotopic (exact) mass is 420 g/mol. The summed E-state index contributed by atoms with van der Waals surface area (Å²) in [6.07, 6.45) is -1.16. The van der Waals surface area contributed by atoms with Gasteiger partial charge in [-0.05, 0) is 31.2 Å².